The van der Waals surface area contributed by atoms with Crippen molar-refractivity contribution >= 4 is 11.9 Å². The van der Waals surface area contributed by atoms with Crippen molar-refractivity contribution in [2.75, 3.05) is 13.1 Å². The number of carboxylic acids is 1. The Labute approximate surface area is 142 Å². The number of alkyl halides is 3. The number of benzene rings is 1. The zero-order valence-corrected chi connectivity index (χ0v) is 13.5. The first-order valence-electron chi connectivity index (χ1n) is 7.84. The molecular formula is C16H20F3N3O3. The van der Waals surface area contributed by atoms with Gasteiger partial charge in [-0.15, -0.1) is 0 Å². The van der Waals surface area contributed by atoms with Gasteiger partial charge >= 0.3 is 12.1 Å². The lowest BCUT2D eigenvalue weighted by molar-refractivity contribution is -0.192. The number of carbonyl (C=O) groups is 2. The summed E-state index contributed by atoms with van der Waals surface area (Å²) in [5.74, 6) is -2.67. The van der Waals surface area contributed by atoms with Gasteiger partial charge in [-0.2, -0.15) is 13.2 Å². The molecule has 3 rings (SSSR count). The molecule has 138 valence electrons. The number of hydrogen-bond donors (Lipinski definition) is 3. The lowest BCUT2D eigenvalue weighted by Gasteiger charge is -2.20. The number of halogens is 3. The van der Waals surface area contributed by atoms with E-state index in [1.807, 2.05) is 4.90 Å². The van der Waals surface area contributed by atoms with Gasteiger partial charge in [0.1, 0.15) is 0 Å². The molecule has 0 bridgehead atoms. The van der Waals surface area contributed by atoms with Crippen LogP contribution in [0.5, 0.6) is 0 Å². The van der Waals surface area contributed by atoms with Gasteiger partial charge < -0.3 is 21.1 Å². The predicted octanol–water partition coefficient (Wildman–Crippen LogP) is 1.03. The van der Waals surface area contributed by atoms with Crippen LogP contribution >= 0.6 is 0 Å². The fourth-order valence-corrected chi connectivity index (χ4v) is 2.77. The molecule has 6 nitrogen and oxygen atoms in total. The largest absolute Gasteiger partial charge is 0.490 e. The molecule has 25 heavy (non-hydrogen) atoms. The lowest BCUT2D eigenvalue weighted by Crippen LogP contribution is -2.33. The van der Waals surface area contributed by atoms with Crippen LogP contribution in [0.3, 0.4) is 0 Å². The quantitative estimate of drug-likeness (QED) is 0.733. The van der Waals surface area contributed by atoms with Gasteiger partial charge in [0.2, 0.25) is 5.91 Å². The van der Waals surface area contributed by atoms with E-state index in [-0.39, 0.29) is 11.9 Å². The highest BCUT2D eigenvalue weighted by Gasteiger charge is 2.38. The van der Waals surface area contributed by atoms with Gasteiger partial charge in [0.15, 0.2) is 0 Å². The molecule has 0 saturated carbocycles. The Balaban J connectivity index is 0.000000277. The molecule has 0 unspecified atom stereocenters. The highest BCUT2D eigenvalue weighted by atomic mass is 19.4. The van der Waals surface area contributed by atoms with E-state index in [0.29, 0.717) is 6.54 Å². The van der Waals surface area contributed by atoms with Crippen molar-refractivity contribution in [2.45, 2.75) is 38.1 Å². The monoisotopic (exact) mass is 359 g/mol. The molecule has 0 aliphatic carbocycles. The van der Waals surface area contributed by atoms with Gasteiger partial charge in [0.05, 0.1) is 6.04 Å². The maximum Gasteiger partial charge on any atom is 0.490 e. The fourth-order valence-electron chi connectivity index (χ4n) is 2.77. The van der Waals surface area contributed by atoms with Gasteiger partial charge in [-0.1, -0.05) is 18.2 Å². The molecule has 2 heterocycles. The molecule has 2 aliphatic rings. The number of nitrogens with zero attached hydrogens (tertiary/aromatic N) is 1. The molecule has 1 fully saturated rings. The Kier molecular flexibility index (Phi) is 6.02. The number of amides is 1. The average Bonchev–Trinajstić information content (AvgIpc) is 2.86. The lowest BCUT2D eigenvalue weighted by atomic mass is 9.98. The predicted molar refractivity (Wildman–Crippen MR) is 83.6 cm³/mol. The second kappa shape index (κ2) is 7.83. The highest BCUT2D eigenvalue weighted by Crippen LogP contribution is 2.19. The maximum absolute atomic E-state index is 11.8. The third-order valence-corrected chi connectivity index (χ3v) is 4.11. The molecule has 9 heteroatoms. The summed E-state index contributed by atoms with van der Waals surface area (Å²) in [4.78, 5) is 22.5. The van der Waals surface area contributed by atoms with Crippen molar-refractivity contribution in [3.63, 3.8) is 0 Å². The Morgan fingerprint density at radius 2 is 2.04 bits per heavy atom. The second-order valence-corrected chi connectivity index (χ2v) is 5.99. The fraction of sp³-hybridized carbons (Fsp3) is 0.500. The third kappa shape index (κ3) is 5.17. The van der Waals surface area contributed by atoms with Crippen molar-refractivity contribution in [2.24, 2.45) is 5.73 Å². The summed E-state index contributed by atoms with van der Waals surface area (Å²) < 4.78 is 31.7. The number of rotatable bonds is 2. The minimum Gasteiger partial charge on any atom is -0.475 e. The number of fused-ring (bicyclic) bond motifs is 1. The standard InChI is InChI=1S/C14H19N3O.C2HF3O2/c15-13-4-6-17(14(13)18)9-10-1-2-11-3-5-16-8-12(11)7-10;3-2(4,5)1(6)7/h1-2,7,13,16H,3-6,8-9,15H2;(H,6,7)/t13-;/m0./s1. The van der Waals surface area contributed by atoms with Crippen molar-refractivity contribution in [1.82, 2.24) is 10.2 Å². The van der Waals surface area contributed by atoms with Gasteiger partial charge in [0.25, 0.3) is 0 Å². The van der Waals surface area contributed by atoms with Crippen LogP contribution < -0.4 is 11.1 Å². The van der Waals surface area contributed by atoms with E-state index in [1.54, 1.807) is 0 Å². The van der Waals surface area contributed by atoms with Crippen LogP contribution in [0.2, 0.25) is 0 Å². The van der Waals surface area contributed by atoms with Crippen LogP contribution in [0.1, 0.15) is 23.1 Å². The minimum absolute atomic E-state index is 0.0887. The molecule has 0 aromatic heterocycles. The number of carboxylic acid groups (broad SMARTS) is 1. The summed E-state index contributed by atoms with van der Waals surface area (Å²) in [7, 11) is 0. The summed E-state index contributed by atoms with van der Waals surface area (Å²) in [5.41, 5.74) is 9.74. The van der Waals surface area contributed by atoms with E-state index >= 15 is 0 Å². The minimum atomic E-state index is -5.08. The molecule has 1 atom stereocenters. The molecule has 4 N–H and O–H groups in total. The molecule has 1 amide bonds. The number of nitrogens with two attached hydrogens (primary N) is 1. The second-order valence-electron chi connectivity index (χ2n) is 5.99. The van der Waals surface area contributed by atoms with Crippen molar-refractivity contribution in [1.29, 1.82) is 0 Å². The number of aliphatic carboxylic acids is 1. The Hall–Kier alpha value is -2.13. The zero-order valence-electron chi connectivity index (χ0n) is 13.5. The van der Waals surface area contributed by atoms with Crippen LogP contribution in [0.4, 0.5) is 13.2 Å². The topological polar surface area (TPSA) is 95.7 Å². The van der Waals surface area contributed by atoms with E-state index in [0.717, 1.165) is 32.5 Å². The molecule has 1 saturated heterocycles. The third-order valence-electron chi connectivity index (χ3n) is 4.11. The molecule has 0 spiro atoms. The molecule has 1 aromatic carbocycles. The highest BCUT2D eigenvalue weighted by molar-refractivity contribution is 5.83. The molecule has 0 radical (unpaired) electrons. The summed E-state index contributed by atoms with van der Waals surface area (Å²) in [6.07, 6.45) is -3.20. The van der Waals surface area contributed by atoms with Crippen LogP contribution in [0.25, 0.3) is 0 Å². The Bertz CT molecular complexity index is 649. The molecule has 2 aliphatic heterocycles. The number of likely N-dealkylation sites (tertiary alicyclic amines) is 1. The van der Waals surface area contributed by atoms with Gasteiger partial charge in [-0.25, -0.2) is 4.79 Å². The first-order chi connectivity index (χ1) is 11.7. The van der Waals surface area contributed by atoms with Crippen LogP contribution in [-0.2, 0) is 29.1 Å². The SMILES string of the molecule is N[C@H]1CCN(Cc2ccc3c(c2)CNCC3)C1=O.O=C(O)C(F)(F)F. The van der Waals surface area contributed by atoms with E-state index in [9.17, 15) is 18.0 Å². The van der Waals surface area contributed by atoms with E-state index in [4.69, 9.17) is 15.6 Å². The number of carbonyl (C=O) groups excluding carboxylic acids is 1. The first kappa shape index (κ1) is 19.2. The van der Waals surface area contributed by atoms with Crippen LogP contribution in [0.15, 0.2) is 18.2 Å². The first-order valence-corrected chi connectivity index (χ1v) is 7.84. The molecular weight excluding hydrogens is 339 g/mol. The Morgan fingerprint density at radius 1 is 1.36 bits per heavy atom. The van der Waals surface area contributed by atoms with Crippen LogP contribution in [0, 0.1) is 0 Å². The number of nitrogens with one attached hydrogen (secondary N) is 1. The Morgan fingerprint density at radius 3 is 2.60 bits per heavy atom. The van der Waals surface area contributed by atoms with Gasteiger partial charge in [0, 0.05) is 19.6 Å². The molecule has 1 aromatic rings. The maximum atomic E-state index is 11.8. The smallest absolute Gasteiger partial charge is 0.475 e. The zero-order chi connectivity index (χ0) is 18.6. The van der Waals surface area contributed by atoms with Crippen molar-refractivity contribution in [3.8, 4) is 0 Å². The van der Waals surface area contributed by atoms with Gasteiger partial charge in [-0.05, 0) is 36.1 Å². The average molecular weight is 359 g/mol. The summed E-state index contributed by atoms with van der Waals surface area (Å²) in [6.45, 7) is 3.48. The summed E-state index contributed by atoms with van der Waals surface area (Å²) >= 11 is 0. The van der Waals surface area contributed by atoms with Gasteiger partial charge in [-0.3, -0.25) is 4.79 Å². The van der Waals surface area contributed by atoms with Crippen molar-refractivity contribution < 1.29 is 27.9 Å². The normalized spacial score (nSPS) is 19.9. The van der Waals surface area contributed by atoms with E-state index in [2.05, 4.69) is 23.5 Å². The van der Waals surface area contributed by atoms with Crippen LogP contribution in [-0.4, -0.2) is 47.2 Å². The summed E-state index contributed by atoms with van der Waals surface area (Å²) in [5, 5.41) is 10.5. The van der Waals surface area contributed by atoms with E-state index < -0.39 is 12.1 Å². The number of hydrogen-bond acceptors (Lipinski definition) is 4. The van der Waals surface area contributed by atoms with Crippen molar-refractivity contribution in [3.05, 3.63) is 34.9 Å². The van der Waals surface area contributed by atoms with E-state index in [1.165, 1.54) is 16.7 Å². The summed E-state index contributed by atoms with van der Waals surface area (Å²) in [6, 6.07) is 6.27.